The molecule has 6 rings (SSSR count). The number of morpholine rings is 1. The summed E-state index contributed by atoms with van der Waals surface area (Å²) in [5, 5.41) is 14.9. The van der Waals surface area contributed by atoms with E-state index in [1.165, 1.54) is 0 Å². The number of phenols is 1. The van der Waals surface area contributed by atoms with Crippen molar-refractivity contribution in [1.82, 2.24) is 20.1 Å². The molecule has 0 unspecified atom stereocenters. The number of aromatic nitrogens is 1. The number of H-pyrrole nitrogens is 1. The molecule has 3 aromatic rings. The summed E-state index contributed by atoms with van der Waals surface area (Å²) < 4.78 is 17.5. The number of aromatic amines is 1. The van der Waals surface area contributed by atoms with Gasteiger partial charge in [-0.15, -0.1) is 62.0 Å². The zero-order valence-electron chi connectivity index (χ0n) is 22.8. The van der Waals surface area contributed by atoms with Crippen molar-refractivity contribution >= 4 is 84.8 Å². The number of ketones is 1. The smallest absolute Gasteiger partial charge is 0.231 e. The highest BCUT2D eigenvalue weighted by molar-refractivity contribution is 6.15. The molecule has 9 nitrogen and oxygen atoms in total. The van der Waals surface area contributed by atoms with Gasteiger partial charge >= 0.3 is 0 Å². The summed E-state index contributed by atoms with van der Waals surface area (Å²) in [7, 11) is 0. The highest BCUT2D eigenvalue weighted by atomic mass is 35.5. The van der Waals surface area contributed by atoms with Crippen molar-refractivity contribution in [3.05, 3.63) is 59.0 Å². The molecule has 0 saturated carbocycles. The van der Waals surface area contributed by atoms with Gasteiger partial charge < -0.3 is 29.6 Å². The molecule has 0 spiro atoms. The predicted molar refractivity (Wildman–Crippen MR) is 176 cm³/mol. The van der Waals surface area contributed by atoms with Crippen LogP contribution in [0.15, 0.2) is 42.3 Å². The van der Waals surface area contributed by atoms with E-state index < -0.39 is 0 Å². The van der Waals surface area contributed by atoms with Crippen molar-refractivity contribution in [2.45, 2.75) is 6.54 Å². The molecular formula is C28H37Cl5N4O5. The summed E-state index contributed by atoms with van der Waals surface area (Å²) in [5.74, 6) is 1.47. The van der Waals surface area contributed by atoms with Gasteiger partial charge in [-0.1, -0.05) is 0 Å². The average molecular weight is 687 g/mol. The first-order chi connectivity index (χ1) is 18.2. The summed E-state index contributed by atoms with van der Waals surface area (Å²) in [6, 6.07) is 9.16. The van der Waals surface area contributed by atoms with Gasteiger partial charge in [-0.25, -0.2) is 0 Å². The second-order valence-electron chi connectivity index (χ2n) is 9.66. The van der Waals surface area contributed by atoms with Crippen LogP contribution >= 0.6 is 62.0 Å². The third-order valence-electron chi connectivity index (χ3n) is 7.26. The number of halogens is 5. The fraction of sp³-hybridized carbons (Fsp3) is 0.393. The van der Waals surface area contributed by atoms with Crippen LogP contribution in [0, 0.1) is 0 Å². The summed E-state index contributed by atoms with van der Waals surface area (Å²) in [4.78, 5) is 21.1. The van der Waals surface area contributed by atoms with Gasteiger partial charge in [-0.05, 0) is 36.4 Å². The Morgan fingerprint density at radius 2 is 1.69 bits per heavy atom. The highest BCUT2D eigenvalue weighted by Gasteiger charge is 2.32. The first kappa shape index (κ1) is 38.1. The molecule has 0 atom stereocenters. The Kier molecular flexibility index (Phi) is 15.8. The zero-order chi connectivity index (χ0) is 25.2. The number of hydrogen-bond donors (Lipinski definition) is 3. The second kappa shape index (κ2) is 17.4. The predicted octanol–water partition coefficient (Wildman–Crippen LogP) is 4.71. The first-order valence-electron chi connectivity index (χ1n) is 12.9. The Morgan fingerprint density at radius 1 is 0.952 bits per heavy atom. The molecule has 2 fully saturated rings. The summed E-state index contributed by atoms with van der Waals surface area (Å²) in [5.41, 5.74) is 2.94. The van der Waals surface area contributed by atoms with E-state index in [2.05, 4.69) is 20.1 Å². The molecule has 0 aliphatic carbocycles. The number of ether oxygens (including phenoxy) is 3. The van der Waals surface area contributed by atoms with Gasteiger partial charge in [0.15, 0.2) is 5.76 Å². The molecular weight excluding hydrogens is 650 g/mol. The van der Waals surface area contributed by atoms with Crippen molar-refractivity contribution < 1.29 is 24.1 Å². The number of benzene rings is 2. The number of rotatable bonds is 7. The number of carbonyl (C=O) groups is 1. The van der Waals surface area contributed by atoms with Crippen molar-refractivity contribution in [2.75, 3.05) is 65.6 Å². The minimum absolute atomic E-state index is 0. The Morgan fingerprint density at radius 3 is 2.43 bits per heavy atom. The largest absolute Gasteiger partial charge is 0.507 e. The van der Waals surface area contributed by atoms with Crippen LogP contribution in [0.5, 0.6) is 17.2 Å². The monoisotopic (exact) mass is 684 g/mol. The van der Waals surface area contributed by atoms with Gasteiger partial charge in [-0.3, -0.25) is 14.6 Å². The van der Waals surface area contributed by atoms with E-state index >= 15 is 0 Å². The minimum Gasteiger partial charge on any atom is -0.507 e. The zero-order valence-corrected chi connectivity index (χ0v) is 26.9. The molecule has 2 aromatic carbocycles. The van der Waals surface area contributed by atoms with Crippen molar-refractivity contribution in [2.24, 2.45) is 0 Å². The van der Waals surface area contributed by atoms with Crippen LogP contribution in [0.1, 0.15) is 21.5 Å². The van der Waals surface area contributed by atoms with E-state index in [-0.39, 0.29) is 79.3 Å². The quantitative estimate of drug-likeness (QED) is 0.308. The number of hydrogen-bond acceptors (Lipinski definition) is 8. The number of phenolic OH excluding ortho intramolecular Hbond substituents is 1. The number of fused-ring (bicyclic) bond motifs is 2. The number of Topliss-reactive ketones (excluding diaryl/α,β-unsaturated/α-hetero) is 1. The summed E-state index contributed by atoms with van der Waals surface area (Å²) >= 11 is 0. The van der Waals surface area contributed by atoms with Gasteiger partial charge in [-0.2, -0.15) is 0 Å². The number of nitrogens with one attached hydrogen (secondary N) is 2. The van der Waals surface area contributed by atoms with Crippen LogP contribution in [0.25, 0.3) is 17.0 Å². The first-order valence-corrected chi connectivity index (χ1v) is 12.9. The second-order valence-corrected chi connectivity index (χ2v) is 9.66. The lowest BCUT2D eigenvalue weighted by Crippen LogP contribution is -2.42. The van der Waals surface area contributed by atoms with Crippen LogP contribution in [-0.4, -0.2) is 91.3 Å². The van der Waals surface area contributed by atoms with E-state index in [1.54, 1.807) is 18.2 Å². The van der Waals surface area contributed by atoms with Crippen molar-refractivity contribution in [3.8, 4) is 17.2 Å². The van der Waals surface area contributed by atoms with Crippen LogP contribution in [0.2, 0.25) is 0 Å². The van der Waals surface area contributed by atoms with Crippen LogP contribution in [0.3, 0.4) is 0 Å². The number of nitrogens with zero attached hydrogens (tertiary/aromatic N) is 2. The number of piperazine rings is 1. The van der Waals surface area contributed by atoms with Gasteiger partial charge in [0.25, 0.3) is 0 Å². The lowest BCUT2D eigenvalue weighted by molar-refractivity contribution is 0.0322. The maximum Gasteiger partial charge on any atom is 0.231 e. The molecule has 0 radical (unpaired) electrons. The SMILES string of the molecule is Cl.Cl.Cl.Cl.Cl.O=C1/C(=C/c2c[nH]c3ccc(OCCN4CCOCC4)cc23)Oc2c1ccc(O)c2CN1CCNCC1. The summed E-state index contributed by atoms with van der Waals surface area (Å²) in [6.45, 7) is 8.97. The Labute approximate surface area is 276 Å². The summed E-state index contributed by atoms with van der Waals surface area (Å²) in [6.07, 6.45) is 3.64. The Hall–Kier alpha value is -1.92. The minimum atomic E-state index is -0.177. The molecule has 234 valence electrons. The van der Waals surface area contributed by atoms with E-state index in [1.807, 2.05) is 24.4 Å². The molecule has 1 aromatic heterocycles. The maximum atomic E-state index is 13.2. The van der Waals surface area contributed by atoms with E-state index in [0.29, 0.717) is 30.0 Å². The van der Waals surface area contributed by atoms with E-state index in [9.17, 15) is 9.90 Å². The van der Waals surface area contributed by atoms with Gasteiger partial charge in [0.05, 0.1) is 24.3 Å². The Bertz CT molecular complexity index is 1340. The molecule has 0 bridgehead atoms. The fourth-order valence-electron chi connectivity index (χ4n) is 5.13. The third kappa shape index (κ3) is 8.37. The third-order valence-corrected chi connectivity index (χ3v) is 7.26. The van der Waals surface area contributed by atoms with Crippen LogP contribution < -0.4 is 14.8 Å². The molecule has 14 heteroatoms. The Balaban J connectivity index is 0.00000176. The van der Waals surface area contributed by atoms with Gasteiger partial charge in [0, 0.05) is 75.0 Å². The lowest BCUT2D eigenvalue weighted by atomic mass is 10.0. The van der Waals surface area contributed by atoms with Gasteiger partial charge in [0.2, 0.25) is 5.78 Å². The number of carbonyl (C=O) groups excluding carboxylic acids is 1. The van der Waals surface area contributed by atoms with Crippen molar-refractivity contribution in [3.63, 3.8) is 0 Å². The number of allylic oxidation sites excluding steroid dienone is 1. The molecule has 0 amide bonds. The maximum absolute atomic E-state index is 13.2. The van der Waals surface area contributed by atoms with Gasteiger partial charge in [0.1, 0.15) is 23.9 Å². The van der Waals surface area contributed by atoms with Crippen molar-refractivity contribution in [1.29, 1.82) is 0 Å². The fourth-order valence-corrected chi connectivity index (χ4v) is 5.13. The molecule has 4 heterocycles. The topological polar surface area (TPSA) is 99.3 Å². The van der Waals surface area contributed by atoms with E-state index in [0.717, 1.165) is 81.2 Å². The van der Waals surface area contributed by atoms with Crippen LogP contribution in [-0.2, 0) is 11.3 Å². The molecule has 42 heavy (non-hydrogen) atoms. The van der Waals surface area contributed by atoms with Crippen LogP contribution in [0.4, 0.5) is 0 Å². The van der Waals surface area contributed by atoms with E-state index in [4.69, 9.17) is 14.2 Å². The highest BCUT2D eigenvalue weighted by Crippen LogP contribution is 2.40. The molecule has 3 N–H and O–H groups in total. The molecule has 2 saturated heterocycles. The number of aromatic hydroxyl groups is 1. The lowest BCUT2D eigenvalue weighted by Gasteiger charge is -2.27. The standard InChI is InChI=1S/C28H32N4O5.5ClH/c33-25-4-2-21-27(34)26(37-28(21)23(25)18-32-7-5-29-6-8-32)15-19-17-30-24-3-1-20(16-22(19)24)36-14-11-31-9-12-35-13-10-31;;;;;/h1-4,15-17,29-30,33H,5-14,18H2;5*1H/b26-15-;;;;;. The molecule has 3 aliphatic rings. The normalized spacial score (nSPS) is 17.5. The molecule has 3 aliphatic heterocycles. The average Bonchev–Trinajstić information content (AvgIpc) is 3.47.